The number of hydrogen-bond donors (Lipinski definition) is 2. The molecule has 3 nitrogen and oxygen atoms in total. The largest absolute Gasteiger partial charge is 0.316 e. The van der Waals surface area contributed by atoms with Gasteiger partial charge in [0.15, 0.2) is 0 Å². The van der Waals surface area contributed by atoms with E-state index >= 15 is 0 Å². The van der Waals surface area contributed by atoms with Gasteiger partial charge in [-0.1, -0.05) is 39.5 Å². The Hall–Kier alpha value is -1.45. The summed E-state index contributed by atoms with van der Waals surface area (Å²) in [5, 5.41) is 7.08. The molecule has 0 amide bonds. The summed E-state index contributed by atoms with van der Waals surface area (Å²) in [6.07, 6.45) is 4.11. The van der Waals surface area contributed by atoms with Crippen LogP contribution in [0.5, 0.6) is 0 Å². The molecule has 0 fully saturated rings. The second kappa shape index (κ2) is 8.99. The average molecular weight is 316 g/mol. The molecule has 2 unspecified atom stereocenters. The molecule has 0 bridgehead atoms. The topological polar surface area (TPSA) is 36.4 Å². The van der Waals surface area contributed by atoms with E-state index in [9.17, 15) is 0 Å². The molecule has 1 aromatic carbocycles. The van der Waals surface area contributed by atoms with Crippen LogP contribution in [0.3, 0.4) is 0 Å². The highest BCUT2D eigenvalue weighted by molar-refractivity contribution is 5.65. The summed E-state index contributed by atoms with van der Waals surface area (Å²) in [5.74, 6) is 0. The summed E-state index contributed by atoms with van der Waals surface area (Å²) in [7, 11) is 2.06. The highest BCUT2D eigenvalue weighted by atomic mass is 14.9. The van der Waals surface area contributed by atoms with Gasteiger partial charge < -0.3 is 10.6 Å². The Balaban J connectivity index is 2.64. The Kier molecular flexibility index (Phi) is 7.66. The van der Waals surface area contributed by atoms with Gasteiger partial charge >= 0.3 is 0 Å². The number of aliphatic imine (C=N–C) groups is 1. The lowest BCUT2D eigenvalue weighted by atomic mass is 9.78. The zero-order valence-corrected chi connectivity index (χ0v) is 15.4. The van der Waals surface area contributed by atoms with Crippen LogP contribution in [-0.2, 0) is 6.54 Å². The molecule has 0 aromatic heterocycles. The first-order valence-corrected chi connectivity index (χ1v) is 8.50. The Morgan fingerprint density at radius 1 is 1.35 bits per heavy atom. The number of nitrogens with zero attached hydrogens (tertiary/aromatic N) is 1. The van der Waals surface area contributed by atoms with Gasteiger partial charge in [-0.2, -0.15) is 0 Å². The second-order valence-electron chi connectivity index (χ2n) is 6.98. The third kappa shape index (κ3) is 5.60. The summed E-state index contributed by atoms with van der Waals surface area (Å²) in [6, 6.07) is 7.23. The third-order valence-electron chi connectivity index (χ3n) is 4.67. The number of rotatable bonds is 10. The van der Waals surface area contributed by atoms with E-state index in [1.807, 2.05) is 12.1 Å². The molecule has 0 aliphatic heterocycles. The van der Waals surface area contributed by atoms with Gasteiger partial charge in [-0.05, 0) is 62.2 Å². The lowest BCUT2D eigenvalue weighted by Gasteiger charge is -2.36. The molecule has 2 N–H and O–H groups in total. The van der Waals surface area contributed by atoms with E-state index in [2.05, 4.69) is 75.8 Å². The fourth-order valence-electron chi connectivity index (χ4n) is 3.46. The Bertz CT molecular complexity index is 516. The van der Waals surface area contributed by atoms with Crippen LogP contribution in [0.4, 0.5) is 5.69 Å². The summed E-state index contributed by atoms with van der Waals surface area (Å²) < 4.78 is 0. The molecule has 3 heteroatoms. The van der Waals surface area contributed by atoms with Gasteiger partial charge in [0.05, 0.1) is 5.69 Å². The Labute approximate surface area is 142 Å². The summed E-state index contributed by atoms with van der Waals surface area (Å²) in [5.41, 5.74) is 3.43. The number of hydrogen-bond acceptors (Lipinski definition) is 3. The normalized spacial score (nSPS) is 14.3. The molecule has 0 saturated heterocycles. The van der Waals surface area contributed by atoms with Crippen LogP contribution < -0.4 is 10.6 Å². The molecule has 23 heavy (non-hydrogen) atoms. The fourth-order valence-corrected chi connectivity index (χ4v) is 3.46. The molecule has 1 aromatic rings. The van der Waals surface area contributed by atoms with Crippen LogP contribution in [-0.4, -0.2) is 25.8 Å². The molecule has 0 heterocycles. The van der Waals surface area contributed by atoms with Gasteiger partial charge in [-0.3, -0.25) is 4.99 Å². The van der Waals surface area contributed by atoms with Crippen molar-refractivity contribution in [2.24, 2.45) is 10.4 Å². The monoisotopic (exact) mass is 315 g/mol. The summed E-state index contributed by atoms with van der Waals surface area (Å²) in [4.78, 5) is 4.02. The Morgan fingerprint density at radius 3 is 2.57 bits per heavy atom. The van der Waals surface area contributed by atoms with Crippen LogP contribution in [0.25, 0.3) is 6.08 Å². The number of benzene rings is 1. The van der Waals surface area contributed by atoms with E-state index in [-0.39, 0.29) is 5.41 Å². The quantitative estimate of drug-likeness (QED) is 0.621. The minimum absolute atomic E-state index is 0.263. The predicted molar refractivity (Wildman–Crippen MR) is 104 cm³/mol. The Morgan fingerprint density at radius 2 is 2.04 bits per heavy atom. The van der Waals surface area contributed by atoms with E-state index < -0.39 is 0 Å². The van der Waals surface area contributed by atoms with Gasteiger partial charge in [-0.15, -0.1) is 0 Å². The predicted octanol–water partition coefficient (Wildman–Crippen LogP) is 4.55. The van der Waals surface area contributed by atoms with Crippen LogP contribution in [0, 0.1) is 5.41 Å². The minimum atomic E-state index is 0.263. The smallest absolute Gasteiger partial charge is 0.0694 e. The van der Waals surface area contributed by atoms with E-state index in [1.165, 1.54) is 5.56 Å². The van der Waals surface area contributed by atoms with Gasteiger partial charge in [0.2, 0.25) is 0 Å². The zero-order valence-electron chi connectivity index (χ0n) is 15.4. The molecule has 0 saturated carbocycles. The van der Waals surface area contributed by atoms with E-state index in [0.717, 1.165) is 30.6 Å². The summed E-state index contributed by atoms with van der Waals surface area (Å²) in [6.45, 7) is 17.5. The average Bonchev–Trinajstić information content (AvgIpc) is 2.52. The van der Waals surface area contributed by atoms with E-state index in [0.29, 0.717) is 12.1 Å². The fraction of sp³-hybridized carbons (Fsp3) is 0.550. The van der Waals surface area contributed by atoms with Crippen molar-refractivity contribution in [1.82, 2.24) is 10.6 Å². The molecule has 0 aliphatic carbocycles. The first-order valence-electron chi connectivity index (χ1n) is 8.50. The molecular formula is C20H33N3. The van der Waals surface area contributed by atoms with Crippen molar-refractivity contribution in [3.05, 3.63) is 35.9 Å². The van der Waals surface area contributed by atoms with Gasteiger partial charge in [-0.25, -0.2) is 0 Å². The van der Waals surface area contributed by atoms with Crippen molar-refractivity contribution in [2.45, 2.75) is 59.2 Å². The lowest BCUT2D eigenvalue weighted by Crippen LogP contribution is -2.43. The molecular weight excluding hydrogens is 282 g/mol. The molecule has 0 aliphatic rings. The van der Waals surface area contributed by atoms with Crippen molar-refractivity contribution >= 4 is 18.5 Å². The maximum atomic E-state index is 4.02. The highest BCUT2D eigenvalue weighted by Crippen LogP contribution is 2.29. The van der Waals surface area contributed by atoms with Crippen molar-refractivity contribution in [1.29, 1.82) is 0 Å². The van der Waals surface area contributed by atoms with Gasteiger partial charge in [0, 0.05) is 18.6 Å². The minimum Gasteiger partial charge on any atom is -0.316 e. The third-order valence-corrected chi connectivity index (χ3v) is 4.67. The maximum Gasteiger partial charge on any atom is 0.0694 e. The van der Waals surface area contributed by atoms with Crippen LogP contribution >= 0.6 is 0 Å². The first kappa shape index (κ1) is 19.6. The molecule has 2 atom stereocenters. The maximum absolute atomic E-state index is 4.02. The van der Waals surface area contributed by atoms with Crippen molar-refractivity contribution in [3.8, 4) is 0 Å². The van der Waals surface area contributed by atoms with Crippen molar-refractivity contribution < 1.29 is 0 Å². The zero-order chi connectivity index (χ0) is 17.5. The summed E-state index contributed by atoms with van der Waals surface area (Å²) >= 11 is 0. The van der Waals surface area contributed by atoms with Crippen LogP contribution in [0.1, 0.15) is 51.7 Å². The van der Waals surface area contributed by atoms with Crippen LogP contribution in [0.2, 0.25) is 0 Å². The number of nitrogens with one attached hydrogen (secondary N) is 2. The molecule has 128 valence electrons. The highest BCUT2D eigenvalue weighted by Gasteiger charge is 2.28. The van der Waals surface area contributed by atoms with E-state index in [1.54, 1.807) is 0 Å². The van der Waals surface area contributed by atoms with Crippen molar-refractivity contribution in [2.75, 3.05) is 7.05 Å². The first-order chi connectivity index (χ1) is 10.9. The van der Waals surface area contributed by atoms with E-state index in [4.69, 9.17) is 0 Å². The van der Waals surface area contributed by atoms with Gasteiger partial charge in [0.1, 0.15) is 0 Å². The van der Waals surface area contributed by atoms with Crippen molar-refractivity contribution in [3.63, 3.8) is 0 Å². The molecule has 1 rings (SSSR count). The second-order valence-corrected chi connectivity index (χ2v) is 6.98. The molecule has 0 spiro atoms. The lowest BCUT2D eigenvalue weighted by molar-refractivity contribution is 0.203. The standard InChI is InChI=1S/C20H33N3/c1-8-17-12-16(10-11-18(17)21-6)14-23-15(3)13-20(4,5)19(9-2)22-7/h8,10-12,15,19,22-23H,1,6,9,13-14H2,2-5,7H3. The van der Waals surface area contributed by atoms with Crippen LogP contribution in [0.15, 0.2) is 29.8 Å². The molecule has 0 radical (unpaired) electrons. The van der Waals surface area contributed by atoms with Gasteiger partial charge in [0.25, 0.3) is 0 Å². The SMILES string of the molecule is C=Cc1cc(CNC(C)CC(C)(C)C(CC)NC)ccc1N=C.